The summed E-state index contributed by atoms with van der Waals surface area (Å²) >= 11 is 4.69. The lowest BCUT2D eigenvalue weighted by molar-refractivity contribution is 1.28. The molecule has 1 rings (SSSR count). The second-order valence-corrected chi connectivity index (χ2v) is 1.87. The van der Waals surface area contributed by atoms with Crippen molar-refractivity contribution in [1.82, 2.24) is 0 Å². The van der Waals surface area contributed by atoms with E-state index < -0.39 is 0 Å². The van der Waals surface area contributed by atoms with Crippen molar-refractivity contribution in [2.24, 2.45) is 15.2 Å². The van der Waals surface area contributed by atoms with E-state index in [2.05, 4.69) is 27.4 Å². The van der Waals surface area contributed by atoms with Crippen LogP contribution in [0.1, 0.15) is 0 Å². The molecule has 0 N–H and O–H groups in total. The van der Waals surface area contributed by atoms with Crippen molar-refractivity contribution in [2.45, 2.75) is 0 Å². The molecule has 0 aromatic heterocycles. The van der Waals surface area contributed by atoms with Gasteiger partial charge in [0, 0.05) is 12.4 Å². The van der Waals surface area contributed by atoms with Gasteiger partial charge in [-0.3, -0.25) is 0 Å². The van der Waals surface area contributed by atoms with Crippen molar-refractivity contribution < 1.29 is 0 Å². The third-order valence-corrected chi connectivity index (χ3v) is 0.976. The predicted molar refractivity (Wildman–Crippen MR) is 44.2 cm³/mol. The maximum absolute atomic E-state index is 4.69. The molecule has 0 amide bonds. The number of allylic oxidation sites excluding steroid dienone is 3. The zero-order valence-electron chi connectivity index (χ0n) is 5.14. The Morgan fingerprint density at radius 2 is 2.10 bits per heavy atom. The maximum Gasteiger partial charge on any atom is 0.239 e. The molecule has 0 spiro atoms. The summed E-state index contributed by atoms with van der Waals surface area (Å²) in [4.78, 5) is 3.76. The quantitative estimate of drug-likeness (QED) is 0.487. The molecule has 0 aliphatic carbocycles. The number of azo groups is 1. The third-order valence-electron chi connectivity index (χ3n) is 0.789. The molecule has 0 radical (unpaired) electrons. The highest BCUT2D eigenvalue weighted by molar-refractivity contribution is 7.80. The number of aliphatic imine (C=N–C) groups is 1. The van der Waals surface area contributed by atoms with Crippen LogP contribution in [-0.4, -0.2) is 11.3 Å². The van der Waals surface area contributed by atoms with Gasteiger partial charge in [0.1, 0.15) is 0 Å². The second-order valence-electron chi connectivity index (χ2n) is 1.50. The number of rotatable bonds is 0. The predicted octanol–water partition coefficient (Wildman–Crippen LogP) is 1.88. The Morgan fingerprint density at radius 3 is 3.00 bits per heavy atom. The van der Waals surface area contributed by atoms with Gasteiger partial charge in [0.2, 0.25) is 5.11 Å². The van der Waals surface area contributed by atoms with Crippen molar-refractivity contribution in [3.63, 3.8) is 0 Å². The third kappa shape index (κ3) is 2.41. The van der Waals surface area contributed by atoms with E-state index in [1.807, 2.05) is 0 Å². The first-order valence-electron chi connectivity index (χ1n) is 2.70. The van der Waals surface area contributed by atoms with E-state index in [0.29, 0.717) is 0 Å². The summed E-state index contributed by atoms with van der Waals surface area (Å²) in [7, 11) is 0. The zero-order valence-corrected chi connectivity index (χ0v) is 5.95. The molecule has 0 bridgehead atoms. The van der Waals surface area contributed by atoms with Gasteiger partial charge >= 0.3 is 0 Å². The van der Waals surface area contributed by atoms with E-state index >= 15 is 0 Å². The van der Waals surface area contributed by atoms with Gasteiger partial charge in [-0.25, -0.2) is 4.99 Å². The van der Waals surface area contributed by atoms with E-state index in [0.717, 1.165) is 0 Å². The summed E-state index contributed by atoms with van der Waals surface area (Å²) in [5.41, 5.74) is 0. The van der Waals surface area contributed by atoms with Gasteiger partial charge in [0.25, 0.3) is 0 Å². The first-order chi connectivity index (χ1) is 4.89. The van der Waals surface area contributed by atoms with Gasteiger partial charge in [-0.15, -0.1) is 5.11 Å². The van der Waals surface area contributed by atoms with E-state index in [9.17, 15) is 0 Å². The Balaban J connectivity index is 2.80. The van der Waals surface area contributed by atoms with Crippen molar-refractivity contribution in [3.8, 4) is 0 Å². The highest BCUT2D eigenvalue weighted by Crippen LogP contribution is 1.89. The molecule has 0 saturated heterocycles. The van der Waals surface area contributed by atoms with Gasteiger partial charge in [-0.2, -0.15) is 5.11 Å². The van der Waals surface area contributed by atoms with Crippen LogP contribution in [0.3, 0.4) is 0 Å². The molecule has 50 valence electrons. The molecule has 0 fully saturated rings. The molecule has 1 aliphatic heterocycles. The highest BCUT2D eigenvalue weighted by atomic mass is 32.1. The summed E-state index contributed by atoms with van der Waals surface area (Å²) in [6, 6.07) is 0. The smallest absolute Gasteiger partial charge is 0.226 e. The largest absolute Gasteiger partial charge is 0.239 e. The Labute approximate surface area is 63.9 Å². The fourth-order valence-corrected chi connectivity index (χ4v) is 0.525. The number of hydrogen-bond donors (Lipinski definition) is 0. The average Bonchev–Trinajstić information content (AvgIpc) is 2.02. The van der Waals surface area contributed by atoms with Crippen LogP contribution in [0.5, 0.6) is 0 Å². The minimum Gasteiger partial charge on any atom is -0.226 e. The molecule has 0 saturated carbocycles. The molecule has 0 aromatic rings. The van der Waals surface area contributed by atoms with Crippen molar-refractivity contribution in [3.05, 3.63) is 24.4 Å². The second kappa shape index (κ2) is 3.79. The number of nitrogens with zero attached hydrogens (tertiary/aromatic N) is 3. The molecule has 0 atom stereocenters. The molecule has 10 heavy (non-hydrogen) atoms. The van der Waals surface area contributed by atoms with E-state index in [-0.39, 0.29) is 5.11 Å². The van der Waals surface area contributed by atoms with Crippen molar-refractivity contribution in [1.29, 1.82) is 0 Å². The van der Waals surface area contributed by atoms with Crippen molar-refractivity contribution in [2.75, 3.05) is 0 Å². The van der Waals surface area contributed by atoms with Crippen LogP contribution in [0.25, 0.3) is 0 Å². The van der Waals surface area contributed by atoms with Crippen LogP contribution in [0, 0.1) is 0 Å². The SMILES string of the molecule is S=C1N=C/C=C\C=C/N=N1. The van der Waals surface area contributed by atoms with Gasteiger partial charge in [-0.05, 0) is 24.4 Å². The van der Waals surface area contributed by atoms with Crippen LogP contribution >= 0.6 is 12.2 Å². The molecular formula is C6H5N3S. The average molecular weight is 151 g/mol. The van der Waals surface area contributed by atoms with Gasteiger partial charge in [-0.1, -0.05) is 6.08 Å². The standard InChI is InChI=1S/C6H5N3S/c10-6-7-4-2-1-3-5-8-9-6/h1-5H/b2-1-,5-3-,7-4?,9-8?. The van der Waals surface area contributed by atoms with Crippen molar-refractivity contribution >= 4 is 23.5 Å². The Bertz CT molecular complexity index is 213. The minimum atomic E-state index is 0.246. The molecule has 3 nitrogen and oxygen atoms in total. The maximum atomic E-state index is 4.69. The molecular weight excluding hydrogens is 146 g/mol. The van der Waals surface area contributed by atoms with E-state index in [4.69, 9.17) is 0 Å². The lowest BCUT2D eigenvalue weighted by Crippen LogP contribution is -1.79. The molecule has 4 heteroatoms. The highest BCUT2D eigenvalue weighted by Gasteiger charge is 1.83. The lowest BCUT2D eigenvalue weighted by atomic mass is 10.5. The first kappa shape index (κ1) is 6.95. The van der Waals surface area contributed by atoms with E-state index in [1.165, 1.54) is 0 Å². The van der Waals surface area contributed by atoms with Crippen LogP contribution in [0.2, 0.25) is 0 Å². The molecule has 1 heterocycles. The normalized spacial score (nSPS) is 23.0. The minimum absolute atomic E-state index is 0.246. The van der Waals surface area contributed by atoms with Crippen LogP contribution in [0.15, 0.2) is 39.6 Å². The van der Waals surface area contributed by atoms with Crippen LogP contribution in [0.4, 0.5) is 0 Å². The summed E-state index contributed by atoms with van der Waals surface area (Å²) < 4.78 is 0. The van der Waals surface area contributed by atoms with E-state index in [1.54, 1.807) is 30.6 Å². The number of thiocarbonyl (C=S) groups is 1. The first-order valence-corrected chi connectivity index (χ1v) is 3.11. The summed E-state index contributed by atoms with van der Waals surface area (Å²) in [5.74, 6) is 0. The Kier molecular flexibility index (Phi) is 2.63. The number of hydrogen-bond acceptors (Lipinski definition) is 2. The summed E-state index contributed by atoms with van der Waals surface area (Å²) in [6.07, 6.45) is 8.45. The van der Waals surface area contributed by atoms with Gasteiger partial charge < -0.3 is 0 Å². The topological polar surface area (TPSA) is 37.1 Å². The summed E-state index contributed by atoms with van der Waals surface area (Å²) in [6.45, 7) is 0. The monoisotopic (exact) mass is 151 g/mol. The summed E-state index contributed by atoms with van der Waals surface area (Å²) in [5, 5.41) is 7.43. The van der Waals surface area contributed by atoms with Gasteiger partial charge in [0.05, 0.1) is 0 Å². The lowest BCUT2D eigenvalue weighted by Gasteiger charge is -1.78. The molecule has 0 aromatic carbocycles. The van der Waals surface area contributed by atoms with Crippen LogP contribution < -0.4 is 0 Å². The van der Waals surface area contributed by atoms with Crippen LogP contribution in [-0.2, 0) is 0 Å². The Hall–Kier alpha value is -1.16. The molecule has 1 aliphatic rings. The fraction of sp³-hybridized carbons (Fsp3) is 0. The molecule has 0 unspecified atom stereocenters. The fourth-order valence-electron chi connectivity index (χ4n) is 0.417. The Morgan fingerprint density at radius 1 is 1.20 bits per heavy atom. The zero-order chi connectivity index (χ0) is 7.23. The van der Waals surface area contributed by atoms with Gasteiger partial charge in [0.15, 0.2) is 0 Å².